The van der Waals surface area contributed by atoms with Crippen LogP contribution in [0.25, 0.3) is 0 Å². The third-order valence-electron chi connectivity index (χ3n) is 2.15. The zero-order valence-electron chi connectivity index (χ0n) is 8.88. The fourth-order valence-corrected chi connectivity index (χ4v) is 1.22. The van der Waals surface area contributed by atoms with Crippen LogP contribution in [0.2, 0.25) is 0 Å². The van der Waals surface area contributed by atoms with Gasteiger partial charge in [-0.25, -0.2) is 0 Å². The van der Waals surface area contributed by atoms with E-state index in [1.54, 1.807) is 13.2 Å². The lowest BCUT2D eigenvalue weighted by Crippen LogP contribution is -1.89. The van der Waals surface area contributed by atoms with Gasteiger partial charge < -0.3 is 4.74 Å². The summed E-state index contributed by atoms with van der Waals surface area (Å²) in [7, 11) is 1.63. The number of rotatable bonds is 6. The van der Waals surface area contributed by atoms with E-state index in [4.69, 9.17) is 4.74 Å². The standard InChI is InChI=1S/C13H14O2/c1-11(15-2)4-3-5-12-6-8-13(10-14)9-7-12/h6,8,10H,1,3-5H2,2H3. The second kappa shape index (κ2) is 5.87. The third kappa shape index (κ3) is 3.86. The molecule has 0 atom stereocenters. The van der Waals surface area contributed by atoms with Gasteiger partial charge in [0.2, 0.25) is 0 Å². The molecule has 15 heavy (non-hydrogen) atoms. The Bertz CT molecular complexity index is 325. The van der Waals surface area contributed by atoms with Crippen molar-refractivity contribution in [3.05, 3.63) is 47.7 Å². The van der Waals surface area contributed by atoms with Crippen molar-refractivity contribution in [1.82, 2.24) is 0 Å². The van der Waals surface area contributed by atoms with Gasteiger partial charge in [0.15, 0.2) is 6.29 Å². The van der Waals surface area contributed by atoms with E-state index < -0.39 is 0 Å². The van der Waals surface area contributed by atoms with Crippen molar-refractivity contribution in [3.63, 3.8) is 0 Å². The lowest BCUT2D eigenvalue weighted by molar-refractivity contribution is 0.112. The van der Waals surface area contributed by atoms with Gasteiger partial charge in [0, 0.05) is 12.0 Å². The molecule has 1 rings (SSSR count). The molecule has 0 unspecified atom stereocenters. The topological polar surface area (TPSA) is 26.3 Å². The number of aryl methyl sites for hydroxylation is 1. The number of allylic oxidation sites excluding steroid dienone is 1. The maximum atomic E-state index is 10.4. The Balaban J connectivity index is 2.37. The molecule has 0 aliphatic carbocycles. The minimum absolute atomic E-state index is 0.542. The highest BCUT2D eigenvalue weighted by Gasteiger charge is 1.95. The number of hydrogen-bond acceptors (Lipinski definition) is 2. The van der Waals surface area contributed by atoms with Gasteiger partial charge in [-0.3, -0.25) is 4.79 Å². The average Bonchev–Trinajstić information content (AvgIpc) is 2.29. The van der Waals surface area contributed by atoms with Gasteiger partial charge in [-0.05, 0) is 25.0 Å². The summed E-state index contributed by atoms with van der Waals surface area (Å²) >= 11 is 0. The van der Waals surface area contributed by atoms with Crippen LogP contribution in [0.1, 0.15) is 28.8 Å². The Morgan fingerprint density at radius 1 is 1.53 bits per heavy atom. The fraction of sp³-hybridized carbons (Fsp3) is 0.308. The number of methoxy groups -OCH3 is 1. The summed E-state index contributed by atoms with van der Waals surface area (Å²) < 4.78 is 4.97. The maximum Gasteiger partial charge on any atom is 0.158 e. The van der Waals surface area contributed by atoms with Crippen LogP contribution in [0.15, 0.2) is 24.5 Å². The molecule has 0 aromatic heterocycles. The van der Waals surface area contributed by atoms with Crippen LogP contribution in [0.5, 0.6) is 0 Å². The molecule has 0 N–H and O–H groups in total. The van der Waals surface area contributed by atoms with Gasteiger partial charge in [0.1, 0.15) is 0 Å². The molecule has 2 nitrogen and oxygen atoms in total. The van der Waals surface area contributed by atoms with Crippen LogP contribution in [0, 0.1) is 12.1 Å². The first kappa shape index (κ1) is 11.3. The van der Waals surface area contributed by atoms with Crippen LogP contribution in [-0.2, 0) is 11.2 Å². The molecule has 1 aromatic rings. The van der Waals surface area contributed by atoms with Crippen molar-refractivity contribution in [2.24, 2.45) is 0 Å². The molecule has 0 saturated carbocycles. The summed E-state index contributed by atoms with van der Waals surface area (Å²) in [5, 5.41) is 0. The lowest BCUT2D eigenvalue weighted by Gasteiger charge is -2.02. The van der Waals surface area contributed by atoms with Gasteiger partial charge in [-0.1, -0.05) is 18.7 Å². The number of hydrogen-bond donors (Lipinski definition) is 0. The smallest absolute Gasteiger partial charge is 0.158 e. The number of carbonyl (C=O) groups is 1. The van der Waals surface area contributed by atoms with E-state index in [9.17, 15) is 4.79 Å². The molecule has 0 fully saturated rings. The summed E-state index contributed by atoms with van der Waals surface area (Å²) in [6.45, 7) is 3.75. The van der Waals surface area contributed by atoms with Gasteiger partial charge in [-0.2, -0.15) is 0 Å². The quantitative estimate of drug-likeness (QED) is 0.523. The Morgan fingerprint density at radius 3 is 2.87 bits per heavy atom. The van der Waals surface area contributed by atoms with E-state index in [0.29, 0.717) is 5.56 Å². The first-order chi connectivity index (χ1) is 7.26. The minimum atomic E-state index is 0.542. The second-order valence-corrected chi connectivity index (χ2v) is 3.28. The van der Waals surface area contributed by atoms with Crippen molar-refractivity contribution in [2.75, 3.05) is 7.11 Å². The highest BCUT2D eigenvalue weighted by Crippen LogP contribution is 2.07. The van der Waals surface area contributed by atoms with Crippen molar-refractivity contribution in [2.45, 2.75) is 19.3 Å². The molecular formula is C13H14O2. The van der Waals surface area contributed by atoms with Crippen molar-refractivity contribution < 1.29 is 9.53 Å². The van der Waals surface area contributed by atoms with E-state index in [2.05, 4.69) is 18.7 Å². The molecule has 0 aliphatic rings. The molecule has 2 heteroatoms. The summed E-state index contributed by atoms with van der Waals surface area (Å²) in [4.78, 5) is 10.4. The first-order valence-corrected chi connectivity index (χ1v) is 4.86. The molecular weight excluding hydrogens is 188 g/mol. The Labute approximate surface area is 90.6 Å². The summed E-state index contributed by atoms with van der Waals surface area (Å²) in [5.41, 5.74) is 1.60. The highest BCUT2D eigenvalue weighted by atomic mass is 16.5. The average molecular weight is 202 g/mol. The summed E-state index contributed by atoms with van der Waals surface area (Å²) in [5.74, 6) is 0.795. The van der Waals surface area contributed by atoms with Crippen LogP contribution in [0.4, 0.5) is 0 Å². The van der Waals surface area contributed by atoms with Crippen molar-refractivity contribution >= 4 is 6.29 Å². The Hall–Kier alpha value is -1.75. The van der Waals surface area contributed by atoms with E-state index in [1.807, 2.05) is 6.07 Å². The molecule has 0 radical (unpaired) electrons. The van der Waals surface area contributed by atoms with Crippen molar-refractivity contribution in [1.29, 1.82) is 0 Å². The number of ether oxygens (including phenoxy) is 1. The minimum Gasteiger partial charge on any atom is -0.502 e. The largest absolute Gasteiger partial charge is 0.502 e. The second-order valence-electron chi connectivity index (χ2n) is 3.28. The molecule has 0 heterocycles. The van der Waals surface area contributed by atoms with Gasteiger partial charge in [-0.15, -0.1) is 0 Å². The molecule has 0 amide bonds. The predicted molar refractivity (Wildman–Crippen MR) is 58.6 cm³/mol. The molecule has 1 aromatic carbocycles. The zero-order valence-corrected chi connectivity index (χ0v) is 8.88. The van der Waals surface area contributed by atoms with Crippen LogP contribution in [-0.4, -0.2) is 13.4 Å². The fourth-order valence-electron chi connectivity index (χ4n) is 1.22. The van der Waals surface area contributed by atoms with E-state index >= 15 is 0 Å². The maximum absolute atomic E-state index is 10.4. The van der Waals surface area contributed by atoms with Crippen LogP contribution >= 0.6 is 0 Å². The SMILES string of the molecule is C=C(CCCc1c#cc(C=O)cc1)OC. The highest BCUT2D eigenvalue weighted by molar-refractivity contribution is 5.73. The summed E-state index contributed by atoms with van der Waals surface area (Å²) in [6, 6.07) is 9.40. The molecule has 78 valence electrons. The van der Waals surface area contributed by atoms with E-state index in [0.717, 1.165) is 36.9 Å². The zero-order chi connectivity index (χ0) is 11.1. The predicted octanol–water partition coefficient (Wildman–Crippen LogP) is 2.58. The lowest BCUT2D eigenvalue weighted by atomic mass is 10.1. The number of aldehydes is 1. The number of carbonyl (C=O) groups excluding carboxylic acids is 1. The Morgan fingerprint density at radius 2 is 2.33 bits per heavy atom. The normalized spacial score (nSPS) is 9.13. The molecule has 0 spiro atoms. The van der Waals surface area contributed by atoms with E-state index in [1.165, 1.54) is 0 Å². The Kier molecular flexibility index (Phi) is 4.43. The summed E-state index contributed by atoms with van der Waals surface area (Å²) in [6.07, 6.45) is 3.49. The van der Waals surface area contributed by atoms with Crippen LogP contribution in [0.3, 0.4) is 0 Å². The molecule has 0 saturated heterocycles. The molecule has 0 bridgehead atoms. The van der Waals surface area contributed by atoms with E-state index in [-0.39, 0.29) is 0 Å². The van der Waals surface area contributed by atoms with Gasteiger partial charge in [0.05, 0.1) is 18.4 Å². The monoisotopic (exact) mass is 202 g/mol. The first-order valence-electron chi connectivity index (χ1n) is 4.86. The van der Waals surface area contributed by atoms with Gasteiger partial charge in [0.25, 0.3) is 0 Å². The van der Waals surface area contributed by atoms with Crippen molar-refractivity contribution in [3.8, 4) is 0 Å². The third-order valence-corrected chi connectivity index (χ3v) is 2.15. The van der Waals surface area contributed by atoms with Crippen LogP contribution < -0.4 is 0 Å². The molecule has 0 aliphatic heterocycles. The van der Waals surface area contributed by atoms with Gasteiger partial charge >= 0.3 is 0 Å².